The predicted molar refractivity (Wildman–Crippen MR) is 79.3 cm³/mol. The van der Waals surface area contributed by atoms with Crippen LogP contribution in [0.25, 0.3) is 0 Å². The number of unbranched alkanes of at least 4 members (excludes halogenated alkanes) is 2. The Morgan fingerprint density at radius 2 is 1.95 bits per heavy atom. The highest BCUT2D eigenvalue weighted by Gasteiger charge is 2.34. The van der Waals surface area contributed by atoms with Gasteiger partial charge in [0, 0.05) is 12.1 Å². The Bertz CT molecular complexity index is 283. The molecule has 1 amide bonds. The molecule has 0 aromatic carbocycles. The molecule has 19 heavy (non-hydrogen) atoms. The summed E-state index contributed by atoms with van der Waals surface area (Å²) in [6, 6.07) is 0.695. The van der Waals surface area contributed by atoms with Gasteiger partial charge in [0.05, 0.1) is 0 Å². The number of likely N-dealkylation sites (tertiary alicyclic amines) is 1. The number of carbonyl (C=O) groups is 1. The van der Waals surface area contributed by atoms with Crippen LogP contribution in [0.5, 0.6) is 0 Å². The minimum atomic E-state index is -0.401. The SMILES string of the molecule is CCCCCC1CCCC(C)N1C(=O)OC(C)(C)C. The molecule has 2 unspecified atom stereocenters. The second kappa shape index (κ2) is 7.16. The zero-order valence-electron chi connectivity index (χ0n) is 13.4. The zero-order valence-corrected chi connectivity index (χ0v) is 13.4. The van der Waals surface area contributed by atoms with E-state index in [4.69, 9.17) is 4.74 Å². The van der Waals surface area contributed by atoms with Gasteiger partial charge in [0.15, 0.2) is 0 Å². The monoisotopic (exact) mass is 269 g/mol. The summed E-state index contributed by atoms with van der Waals surface area (Å²) in [6.45, 7) is 10.2. The first kappa shape index (κ1) is 16.3. The number of nitrogens with zero attached hydrogens (tertiary/aromatic N) is 1. The Morgan fingerprint density at radius 3 is 2.53 bits per heavy atom. The van der Waals surface area contributed by atoms with E-state index in [1.807, 2.05) is 25.7 Å². The molecule has 1 heterocycles. The van der Waals surface area contributed by atoms with Crippen molar-refractivity contribution in [3.05, 3.63) is 0 Å². The minimum Gasteiger partial charge on any atom is -0.444 e. The third-order valence-electron chi connectivity index (χ3n) is 3.77. The van der Waals surface area contributed by atoms with Crippen molar-refractivity contribution in [3.8, 4) is 0 Å². The third-order valence-corrected chi connectivity index (χ3v) is 3.77. The van der Waals surface area contributed by atoms with Crippen molar-refractivity contribution >= 4 is 6.09 Å². The third kappa shape index (κ3) is 5.42. The van der Waals surface area contributed by atoms with E-state index in [0.717, 1.165) is 19.3 Å². The van der Waals surface area contributed by atoms with E-state index in [1.165, 1.54) is 25.7 Å². The summed E-state index contributed by atoms with van der Waals surface area (Å²) in [6.07, 6.45) is 8.17. The first-order valence-corrected chi connectivity index (χ1v) is 7.86. The van der Waals surface area contributed by atoms with E-state index in [2.05, 4.69) is 13.8 Å². The number of piperidine rings is 1. The van der Waals surface area contributed by atoms with Crippen molar-refractivity contribution in [1.29, 1.82) is 0 Å². The molecule has 2 atom stereocenters. The molecule has 112 valence electrons. The maximum absolute atomic E-state index is 12.4. The lowest BCUT2D eigenvalue weighted by Gasteiger charge is -2.41. The molecule has 1 rings (SSSR count). The van der Waals surface area contributed by atoms with Crippen LogP contribution in [0.15, 0.2) is 0 Å². The molecule has 3 heteroatoms. The van der Waals surface area contributed by atoms with E-state index in [0.29, 0.717) is 12.1 Å². The highest BCUT2D eigenvalue weighted by molar-refractivity contribution is 5.69. The summed E-state index contributed by atoms with van der Waals surface area (Å²) < 4.78 is 5.57. The fraction of sp³-hybridized carbons (Fsp3) is 0.938. The van der Waals surface area contributed by atoms with Crippen LogP contribution < -0.4 is 0 Å². The molecule has 0 bridgehead atoms. The average Bonchev–Trinajstić information content (AvgIpc) is 2.26. The van der Waals surface area contributed by atoms with Gasteiger partial charge in [-0.2, -0.15) is 0 Å². The molecule has 0 aliphatic carbocycles. The Balaban J connectivity index is 2.63. The first-order valence-electron chi connectivity index (χ1n) is 7.86. The van der Waals surface area contributed by atoms with Crippen molar-refractivity contribution in [2.75, 3.05) is 0 Å². The van der Waals surface area contributed by atoms with Gasteiger partial charge in [-0.3, -0.25) is 0 Å². The molecule has 1 aliphatic rings. The number of rotatable bonds is 4. The van der Waals surface area contributed by atoms with Gasteiger partial charge in [-0.1, -0.05) is 26.2 Å². The second-order valence-electron chi connectivity index (χ2n) is 6.82. The maximum atomic E-state index is 12.4. The lowest BCUT2D eigenvalue weighted by atomic mass is 9.93. The molecule has 1 aliphatic heterocycles. The van der Waals surface area contributed by atoms with Gasteiger partial charge in [0.1, 0.15) is 5.60 Å². The van der Waals surface area contributed by atoms with Gasteiger partial charge in [0.2, 0.25) is 0 Å². The summed E-state index contributed by atoms with van der Waals surface area (Å²) in [5.41, 5.74) is -0.401. The van der Waals surface area contributed by atoms with Gasteiger partial charge in [-0.25, -0.2) is 4.79 Å². The topological polar surface area (TPSA) is 29.5 Å². The quantitative estimate of drug-likeness (QED) is 0.690. The lowest BCUT2D eigenvalue weighted by Crippen LogP contribution is -2.50. The molecule has 0 aromatic rings. The summed E-state index contributed by atoms with van der Waals surface area (Å²) in [5, 5.41) is 0. The fourth-order valence-corrected chi connectivity index (χ4v) is 2.84. The van der Waals surface area contributed by atoms with Gasteiger partial charge in [-0.05, 0) is 53.4 Å². The van der Waals surface area contributed by atoms with Crippen LogP contribution >= 0.6 is 0 Å². The van der Waals surface area contributed by atoms with Crippen LogP contribution in [0.4, 0.5) is 4.79 Å². The molecule has 0 N–H and O–H groups in total. The Kier molecular flexibility index (Phi) is 6.15. The van der Waals surface area contributed by atoms with E-state index < -0.39 is 5.60 Å². The fourth-order valence-electron chi connectivity index (χ4n) is 2.84. The number of ether oxygens (including phenoxy) is 1. The predicted octanol–water partition coefficient (Wildman–Crippen LogP) is 4.74. The van der Waals surface area contributed by atoms with E-state index >= 15 is 0 Å². The van der Waals surface area contributed by atoms with Crippen LogP contribution in [0.2, 0.25) is 0 Å². The molecule has 0 aromatic heterocycles. The van der Waals surface area contributed by atoms with Crippen molar-refractivity contribution in [1.82, 2.24) is 4.90 Å². The normalized spacial score (nSPS) is 24.4. The van der Waals surface area contributed by atoms with Gasteiger partial charge < -0.3 is 9.64 Å². The summed E-state index contributed by atoms with van der Waals surface area (Å²) in [5.74, 6) is 0. The van der Waals surface area contributed by atoms with Crippen molar-refractivity contribution in [2.24, 2.45) is 0 Å². The smallest absolute Gasteiger partial charge is 0.410 e. The van der Waals surface area contributed by atoms with E-state index in [9.17, 15) is 4.79 Å². The van der Waals surface area contributed by atoms with Gasteiger partial charge in [0.25, 0.3) is 0 Å². The largest absolute Gasteiger partial charge is 0.444 e. The summed E-state index contributed by atoms with van der Waals surface area (Å²) in [7, 11) is 0. The highest BCUT2D eigenvalue weighted by Crippen LogP contribution is 2.28. The number of hydrogen-bond donors (Lipinski definition) is 0. The molecule has 3 nitrogen and oxygen atoms in total. The maximum Gasteiger partial charge on any atom is 0.410 e. The van der Waals surface area contributed by atoms with E-state index in [1.54, 1.807) is 0 Å². The molecule has 0 radical (unpaired) electrons. The number of carbonyl (C=O) groups excluding carboxylic acids is 1. The number of hydrogen-bond acceptors (Lipinski definition) is 2. The Labute approximate surface area is 118 Å². The average molecular weight is 269 g/mol. The Hall–Kier alpha value is -0.730. The zero-order chi connectivity index (χ0) is 14.5. The molecular formula is C16H31NO2. The molecule has 0 spiro atoms. The van der Waals surface area contributed by atoms with Gasteiger partial charge >= 0.3 is 6.09 Å². The minimum absolute atomic E-state index is 0.124. The first-order chi connectivity index (χ1) is 8.85. The second-order valence-corrected chi connectivity index (χ2v) is 6.82. The van der Waals surface area contributed by atoms with Crippen molar-refractivity contribution < 1.29 is 9.53 Å². The summed E-state index contributed by atoms with van der Waals surface area (Å²) in [4.78, 5) is 14.4. The molecular weight excluding hydrogens is 238 g/mol. The lowest BCUT2D eigenvalue weighted by molar-refractivity contribution is -0.00428. The molecule has 1 fully saturated rings. The number of amides is 1. The van der Waals surface area contributed by atoms with Crippen molar-refractivity contribution in [3.63, 3.8) is 0 Å². The van der Waals surface area contributed by atoms with E-state index in [-0.39, 0.29) is 6.09 Å². The van der Waals surface area contributed by atoms with Crippen molar-refractivity contribution in [2.45, 2.75) is 97.2 Å². The molecule has 1 saturated heterocycles. The standard InChI is InChI=1S/C16H31NO2/c1-6-7-8-11-14-12-9-10-13(2)17(14)15(18)19-16(3,4)5/h13-14H,6-12H2,1-5H3. The van der Waals surface area contributed by atoms with Crippen LogP contribution in [0.3, 0.4) is 0 Å². The van der Waals surface area contributed by atoms with Crippen LogP contribution in [-0.4, -0.2) is 28.7 Å². The van der Waals surface area contributed by atoms with Crippen LogP contribution in [-0.2, 0) is 4.74 Å². The van der Waals surface area contributed by atoms with Gasteiger partial charge in [-0.15, -0.1) is 0 Å². The Morgan fingerprint density at radius 1 is 1.26 bits per heavy atom. The van der Waals surface area contributed by atoms with Crippen LogP contribution in [0, 0.1) is 0 Å². The molecule has 0 saturated carbocycles. The summed E-state index contributed by atoms with van der Waals surface area (Å²) >= 11 is 0. The van der Waals surface area contributed by atoms with Crippen LogP contribution in [0.1, 0.15) is 79.6 Å². The highest BCUT2D eigenvalue weighted by atomic mass is 16.6.